The van der Waals surface area contributed by atoms with Gasteiger partial charge in [0.25, 0.3) is 0 Å². The zero-order valence-corrected chi connectivity index (χ0v) is 24.9. The minimum atomic E-state index is -2.66. The smallest absolute Gasteiger partial charge is 0.322 e. The molecule has 0 atom stereocenters. The first-order valence-corrected chi connectivity index (χ1v) is 25.8. The van der Waals surface area contributed by atoms with Crippen molar-refractivity contribution in [3.63, 3.8) is 0 Å². The van der Waals surface area contributed by atoms with Crippen LogP contribution in [0, 0.1) is 0 Å². The molecule has 0 rings (SSSR count). The van der Waals surface area contributed by atoms with E-state index >= 15 is 0 Å². The van der Waals surface area contributed by atoms with E-state index in [0.717, 1.165) is 0 Å². The molecule has 0 aromatic rings. The zero-order valence-electron chi connectivity index (χ0n) is 18.9. The molecule has 0 heterocycles. The van der Waals surface area contributed by atoms with E-state index in [1.807, 2.05) is 65.5 Å². The molecule has 7 nitrogen and oxygen atoms in total. The predicted octanol–water partition coefficient (Wildman–Crippen LogP) is 3.92. The number of hydrogen-bond donors (Lipinski definition) is 1. The van der Waals surface area contributed by atoms with E-state index in [1.54, 1.807) is 20.2 Å². The normalized spacial score (nSPS) is 15.5. The molecular weight excluding hydrogens is 437 g/mol. The van der Waals surface area contributed by atoms with Gasteiger partial charge in [0.05, 0.1) is 0 Å². The van der Waals surface area contributed by atoms with Gasteiger partial charge in [-0.2, -0.15) is 0 Å². The quantitative estimate of drug-likeness (QED) is 0.453. The van der Waals surface area contributed by atoms with Crippen LogP contribution in [0.5, 0.6) is 0 Å². The summed E-state index contributed by atoms with van der Waals surface area (Å²) in [5.41, 5.74) is 0. The van der Waals surface area contributed by atoms with Gasteiger partial charge < -0.3 is 29.8 Å². The molecule has 0 aliphatic rings. The van der Waals surface area contributed by atoms with E-state index in [9.17, 15) is 4.80 Å². The highest BCUT2D eigenvalue weighted by Crippen LogP contribution is 2.27. The third kappa shape index (κ3) is 12.5. The highest BCUT2D eigenvalue weighted by molar-refractivity contribution is 6.90. The second-order valence-electron chi connectivity index (χ2n) is 9.16. The zero-order chi connectivity index (χ0) is 21.2. The third-order valence-corrected chi connectivity index (χ3v) is 23.6. The molecule has 0 unspecified atom stereocenters. The van der Waals surface area contributed by atoms with Crippen molar-refractivity contribution in [1.29, 1.82) is 0 Å². The average molecular weight is 477 g/mol. The van der Waals surface area contributed by atoms with Crippen molar-refractivity contribution in [2.45, 2.75) is 78.6 Å². The van der Waals surface area contributed by atoms with Crippen LogP contribution in [0.4, 0.5) is 0 Å². The molecule has 0 saturated carbocycles. The summed E-state index contributed by atoms with van der Waals surface area (Å²) in [6.07, 6.45) is 0. The van der Waals surface area contributed by atoms with Crippen molar-refractivity contribution < 1.29 is 29.8 Å². The topological polar surface area (TPSA) is 75.6 Å². The summed E-state index contributed by atoms with van der Waals surface area (Å²) in [4.78, 5) is 10.1. The Kier molecular flexibility index (Phi) is 9.15. The van der Waals surface area contributed by atoms with Crippen LogP contribution in [-0.4, -0.2) is 63.3 Å². The molecule has 0 fully saturated rings. The summed E-state index contributed by atoms with van der Waals surface area (Å²) < 4.78 is 36.7. The minimum absolute atomic E-state index is 1.68. The molecule has 0 aromatic carbocycles. The Hall–Kier alpha value is 1.02. The Balaban J connectivity index is 5.05. The summed E-state index contributed by atoms with van der Waals surface area (Å²) in [5, 5.41) is 0. The third-order valence-electron chi connectivity index (χ3n) is 2.95. The first-order chi connectivity index (χ1) is 11.1. The molecule has 0 amide bonds. The summed E-state index contributed by atoms with van der Waals surface area (Å²) in [6, 6.07) is 0. The molecule has 26 heavy (non-hydrogen) atoms. The molecule has 0 spiro atoms. The fraction of sp³-hybridized carbons (Fsp3) is 1.00. The van der Waals surface area contributed by atoms with Gasteiger partial charge in [-0.1, -0.05) is 0 Å². The van der Waals surface area contributed by atoms with Gasteiger partial charge in [0.15, 0.2) is 0 Å². The second kappa shape index (κ2) is 8.80. The van der Waals surface area contributed by atoms with Gasteiger partial charge in [0.1, 0.15) is 0 Å². The summed E-state index contributed by atoms with van der Waals surface area (Å²) in [7, 11) is -13.1. The molecule has 0 aliphatic heterocycles. The molecule has 0 saturated heterocycles. The predicted molar refractivity (Wildman–Crippen MR) is 120 cm³/mol. The first kappa shape index (κ1) is 27.0. The van der Waals surface area contributed by atoms with E-state index in [0.29, 0.717) is 0 Å². The molecule has 0 radical (unpaired) electrons. The Morgan fingerprint density at radius 1 is 0.423 bits per heavy atom. The van der Waals surface area contributed by atoms with Gasteiger partial charge >= 0.3 is 51.4 Å². The molecule has 1 N–H and O–H groups in total. The van der Waals surface area contributed by atoms with Crippen molar-refractivity contribution in [1.82, 2.24) is 0 Å². The molecule has 0 bridgehead atoms. The molecule has 13 heteroatoms. The van der Waals surface area contributed by atoms with Crippen LogP contribution >= 0.6 is 0 Å². The van der Waals surface area contributed by atoms with Gasteiger partial charge in [-0.05, 0) is 78.6 Å². The van der Waals surface area contributed by atoms with Crippen molar-refractivity contribution in [2.75, 3.05) is 7.11 Å². The van der Waals surface area contributed by atoms with Crippen LogP contribution in [0.15, 0.2) is 0 Å². The van der Waals surface area contributed by atoms with Gasteiger partial charge in [0, 0.05) is 7.11 Å². The summed E-state index contributed by atoms with van der Waals surface area (Å²) in [6.45, 7) is 23.5. The Labute approximate surface area is 166 Å². The SMILES string of the molecule is CO[Si](C)(C)O[Si](C)(C)O[Si](C)(C)O[Si](C)(C)O[Si](C)(C)O[Si](C)(C)O. The maximum absolute atomic E-state index is 10.1. The van der Waals surface area contributed by atoms with Crippen LogP contribution in [0.25, 0.3) is 0 Å². The van der Waals surface area contributed by atoms with Gasteiger partial charge in [-0.15, -0.1) is 0 Å². The Morgan fingerprint density at radius 2 is 0.654 bits per heavy atom. The number of rotatable bonds is 11. The molecule has 158 valence electrons. The van der Waals surface area contributed by atoms with E-state index in [1.165, 1.54) is 0 Å². The van der Waals surface area contributed by atoms with Gasteiger partial charge in [-0.25, -0.2) is 0 Å². The van der Waals surface area contributed by atoms with Crippen molar-refractivity contribution >= 4 is 51.4 Å². The number of hydrogen-bond acceptors (Lipinski definition) is 7. The van der Waals surface area contributed by atoms with Crippen molar-refractivity contribution in [3.05, 3.63) is 0 Å². The lowest BCUT2D eigenvalue weighted by atomic mass is 11.8. The van der Waals surface area contributed by atoms with E-state index in [-0.39, 0.29) is 0 Å². The molecule has 0 aromatic heterocycles. The van der Waals surface area contributed by atoms with Crippen molar-refractivity contribution in [2.24, 2.45) is 0 Å². The lowest BCUT2D eigenvalue weighted by molar-refractivity contribution is 0.251. The van der Waals surface area contributed by atoms with Crippen LogP contribution in [-0.2, 0) is 25.0 Å². The fourth-order valence-electron chi connectivity index (χ4n) is 3.09. The van der Waals surface area contributed by atoms with E-state index < -0.39 is 51.4 Å². The minimum Gasteiger partial charge on any atom is -0.416 e. The molecule has 0 aliphatic carbocycles. The highest BCUT2D eigenvalue weighted by atomic mass is 28.5. The van der Waals surface area contributed by atoms with E-state index in [4.69, 9.17) is 25.0 Å². The van der Waals surface area contributed by atoms with Gasteiger partial charge in [-0.3, -0.25) is 0 Å². The average Bonchev–Trinajstić information content (AvgIpc) is 2.16. The van der Waals surface area contributed by atoms with Gasteiger partial charge in [0.2, 0.25) is 0 Å². The van der Waals surface area contributed by atoms with Crippen LogP contribution in [0.2, 0.25) is 78.6 Å². The maximum atomic E-state index is 10.1. The maximum Gasteiger partial charge on any atom is 0.322 e. The van der Waals surface area contributed by atoms with Crippen LogP contribution < -0.4 is 0 Å². The lowest BCUT2D eigenvalue weighted by Gasteiger charge is -2.42. The highest BCUT2D eigenvalue weighted by Gasteiger charge is 2.47. The standard InChI is InChI=1S/C13H40O7Si6/c1-15-22(4,5)17-24(8,9)19-26(12,13)20-25(10,11)18-23(6,7)16-21(2,3)14/h14H,1-13H3. The monoisotopic (exact) mass is 476 g/mol. The molecular formula is C13H40O7Si6. The lowest BCUT2D eigenvalue weighted by Crippen LogP contribution is -2.60. The van der Waals surface area contributed by atoms with E-state index in [2.05, 4.69) is 0 Å². The van der Waals surface area contributed by atoms with Crippen LogP contribution in [0.3, 0.4) is 0 Å². The Bertz CT molecular complexity index is 462. The largest absolute Gasteiger partial charge is 0.416 e. The second-order valence-corrected chi connectivity index (χ2v) is 30.5. The van der Waals surface area contributed by atoms with Crippen molar-refractivity contribution in [3.8, 4) is 0 Å². The fourth-order valence-corrected chi connectivity index (χ4v) is 29.3. The first-order valence-electron chi connectivity index (χ1n) is 8.88. The Morgan fingerprint density at radius 3 is 0.885 bits per heavy atom. The van der Waals surface area contributed by atoms with Crippen LogP contribution in [0.1, 0.15) is 0 Å². The summed E-state index contributed by atoms with van der Waals surface area (Å²) in [5.74, 6) is 0. The summed E-state index contributed by atoms with van der Waals surface area (Å²) >= 11 is 0.